The van der Waals surface area contributed by atoms with Crippen LogP contribution in [0.2, 0.25) is 0 Å². The summed E-state index contributed by atoms with van der Waals surface area (Å²) in [5.74, 6) is -0.185. The van der Waals surface area contributed by atoms with Gasteiger partial charge in [0, 0.05) is 6.54 Å². The molecule has 32 heavy (non-hydrogen) atoms. The van der Waals surface area contributed by atoms with Crippen molar-refractivity contribution in [3.63, 3.8) is 0 Å². The highest BCUT2D eigenvalue weighted by Gasteiger charge is 2.24. The van der Waals surface area contributed by atoms with Crippen LogP contribution in [-0.2, 0) is 6.54 Å². The minimum Gasteiger partial charge on any atom is -0.497 e. The number of likely N-dealkylation sites (tertiary alicyclic amines) is 1. The summed E-state index contributed by atoms with van der Waals surface area (Å²) in [6.45, 7) is 2.94. The van der Waals surface area contributed by atoms with Crippen LogP contribution in [0.3, 0.4) is 0 Å². The Bertz CT molecular complexity index is 1040. The van der Waals surface area contributed by atoms with Crippen LogP contribution in [0, 0.1) is 11.7 Å². The molecular formula is C23H25F3N4O2. The van der Waals surface area contributed by atoms with E-state index in [1.807, 2.05) is 18.2 Å². The summed E-state index contributed by atoms with van der Waals surface area (Å²) in [5.41, 5.74) is 1.21. The van der Waals surface area contributed by atoms with Gasteiger partial charge in [-0.2, -0.15) is 9.67 Å². The molecule has 0 radical (unpaired) electrons. The third kappa shape index (κ3) is 5.21. The number of para-hydroxylation sites is 1. The number of piperidine rings is 1. The molecule has 6 nitrogen and oxygen atoms in total. The zero-order valence-corrected chi connectivity index (χ0v) is 17.8. The minimum atomic E-state index is -2.87. The fourth-order valence-electron chi connectivity index (χ4n) is 3.81. The Morgan fingerprint density at radius 1 is 1.09 bits per heavy atom. The summed E-state index contributed by atoms with van der Waals surface area (Å²) in [4.78, 5) is 6.15. The summed E-state index contributed by atoms with van der Waals surface area (Å²) < 4.78 is 52.5. The fraction of sp³-hybridized carbons (Fsp3) is 0.391. The van der Waals surface area contributed by atoms with E-state index in [4.69, 9.17) is 9.47 Å². The van der Waals surface area contributed by atoms with Crippen molar-refractivity contribution in [2.45, 2.75) is 25.8 Å². The van der Waals surface area contributed by atoms with E-state index in [1.54, 1.807) is 13.2 Å². The van der Waals surface area contributed by atoms with Gasteiger partial charge in [-0.05, 0) is 61.7 Å². The van der Waals surface area contributed by atoms with Crippen molar-refractivity contribution in [2.75, 3.05) is 26.8 Å². The van der Waals surface area contributed by atoms with E-state index in [1.165, 1.54) is 23.8 Å². The predicted molar refractivity (Wildman–Crippen MR) is 113 cm³/mol. The quantitative estimate of drug-likeness (QED) is 0.505. The summed E-state index contributed by atoms with van der Waals surface area (Å²) in [5, 5.41) is 3.75. The van der Waals surface area contributed by atoms with Gasteiger partial charge in [0.1, 0.15) is 17.3 Å². The summed E-state index contributed by atoms with van der Waals surface area (Å²) in [6, 6.07) is 13.7. The smallest absolute Gasteiger partial charge is 0.320 e. The molecule has 1 aromatic heterocycles. The molecule has 170 valence electrons. The first-order valence-corrected chi connectivity index (χ1v) is 10.5. The van der Waals surface area contributed by atoms with Crippen molar-refractivity contribution in [1.82, 2.24) is 19.7 Å². The van der Waals surface area contributed by atoms with Crippen molar-refractivity contribution in [2.24, 2.45) is 5.92 Å². The van der Waals surface area contributed by atoms with Gasteiger partial charge in [-0.25, -0.2) is 13.2 Å². The lowest BCUT2D eigenvalue weighted by atomic mass is 9.97. The third-order valence-corrected chi connectivity index (χ3v) is 5.57. The van der Waals surface area contributed by atoms with Crippen molar-refractivity contribution >= 4 is 0 Å². The number of alkyl halides is 2. The predicted octanol–water partition coefficient (Wildman–Crippen LogP) is 4.64. The lowest BCUT2D eigenvalue weighted by molar-refractivity contribution is 0.129. The van der Waals surface area contributed by atoms with Crippen LogP contribution in [0.15, 0.2) is 48.5 Å². The van der Waals surface area contributed by atoms with Gasteiger partial charge in [0.25, 0.3) is 6.43 Å². The molecule has 1 fully saturated rings. The van der Waals surface area contributed by atoms with Crippen LogP contribution >= 0.6 is 0 Å². The maximum absolute atomic E-state index is 14.2. The van der Waals surface area contributed by atoms with Gasteiger partial charge >= 0.3 is 6.01 Å². The molecule has 1 aliphatic rings. The zero-order chi connectivity index (χ0) is 22.5. The molecule has 0 amide bonds. The zero-order valence-electron chi connectivity index (χ0n) is 17.8. The SMILES string of the molecule is COc1cccc(CN2CCC(COc3nc(C(F)F)nn3-c3ccccc3F)CC2)c1. The lowest BCUT2D eigenvalue weighted by Gasteiger charge is -2.31. The van der Waals surface area contributed by atoms with Crippen LogP contribution in [0.5, 0.6) is 11.8 Å². The first-order chi connectivity index (χ1) is 15.5. The minimum absolute atomic E-state index is 0.0232. The number of hydrogen-bond acceptors (Lipinski definition) is 5. The fourth-order valence-corrected chi connectivity index (χ4v) is 3.81. The molecule has 2 heterocycles. The number of halogens is 3. The number of ether oxygens (including phenoxy) is 2. The molecule has 0 N–H and O–H groups in total. The van der Waals surface area contributed by atoms with Crippen molar-refractivity contribution in [3.8, 4) is 17.4 Å². The van der Waals surface area contributed by atoms with Crippen LogP contribution in [0.25, 0.3) is 5.69 Å². The van der Waals surface area contributed by atoms with E-state index in [9.17, 15) is 13.2 Å². The van der Waals surface area contributed by atoms with Crippen LogP contribution in [0.1, 0.15) is 30.7 Å². The molecule has 0 saturated carbocycles. The number of rotatable bonds is 8. The first-order valence-electron chi connectivity index (χ1n) is 10.5. The summed E-state index contributed by atoms with van der Waals surface area (Å²) in [6.07, 6.45) is -1.07. The van der Waals surface area contributed by atoms with Crippen molar-refractivity contribution in [3.05, 3.63) is 65.7 Å². The number of aromatic nitrogens is 3. The number of nitrogens with zero attached hydrogens (tertiary/aromatic N) is 4. The van der Waals surface area contributed by atoms with Crippen molar-refractivity contribution < 1.29 is 22.6 Å². The highest BCUT2D eigenvalue weighted by atomic mass is 19.3. The standard InChI is InChI=1S/C23H25F3N4O2/c1-31-18-6-4-5-17(13-18)14-29-11-9-16(10-12-29)15-32-23-27-22(21(25)26)28-30(23)20-8-3-2-7-19(20)24/h2-8,13,16,21H,9-12,14-15H2,1H3. The Morgan fingerprint density at radius 2 is 1.88 bits per heavy atom. The third-order valence-electron chi connectivity index (χ3n) is 5.57. The Hall–Kier alpha value is -3.07. The van der Waals surface area contributed by atoms with Crippen LogP contribution < -0.4 is 9.47 Å². The number of benzene rings is 2. The molecule has 0 unspecified atom stereocenters. The van der Waals surface area contributed by atoms with Gasteiger partial charge in [0.15, 0.2) is 0 Å². The highest BCUT2D eigenvalue weighted by molar-refractivity contribution is 5.34. The summed E-state index contributed by atoms with van der Waals surface area (Å²) >= 11 is 0. The Labute approximate surface area is 184 Å². The molecule has 0 aliphatic carbocycles. The average Bonchev–Trinajstić information content (AvgIpc) is 3.23. The molecule has 1 saturated heterocycles. The van der Waals surface area contributed by atoms with E-state index in [-0.39, 0.29) is 17.6 Å². The molecule has 0 bridgehead atoms. The monoisotopic (exact) mass is 446 g/mol. The average molecular weight is 446 g/mol. The van der Waals surface area contributed by atoms with Gasteiger partial charge in [-0.1, -0.05) is 24.3 Å². The Balaban J connectivity index is 1.36. The second-order valence-corrected chi connectivity index (χ2v) is 7.80. The van der Waals surface area contributed by atoms with Gasteiger partial charge in [-0.15, -0.1) is 5.10 Å². The van der Waals surface area contributed by atoms with E-state index < -0.39 is 18.1 Å². The second-order valence-electron chi connectivity index (χ2n) is 7.80. The first kappa shape index (κ1) is 22.1. The van der Waals surface area contributed by atoms with Gasteiger partial charge in [0.2, 0.25) is 5.82 Å². The Morgan fingerprint density at radius 3 is 2.59 bits per heavy atom. The van der Waals surface area contributed by atoms with E-state index in [2.05, 4.69) is 21.0 Å². The van der Waals surface area contributed by atoms with E-state index >= 15 is 0 Å². The topological polar surface area (TPSA) is 52.4 Å². The Kier molecular flexibility index (Phi) is 6.94. The van der Waals surface area contributed by atoms with Crippen LogP contribution in [0.4, 0.5) is 13.2 Å². The summed E-state index contributed by atoms with van der Waals surface area (Å²) in [7, 11) is 1.65. The van der Waals surface area contributed by atoms with E-state index in [0.29, 0.717) is 6.61 Å². The largest absolute Gasteiger partial charge is 0.497 e. The molecule has 0 atom stereocenters. The van der Waals surface area contributed by atoms with Gasteiger partial charge < -0.3 is 9.47 Å². The molecule has 0 spiro atoms. The second kappa shape index (κ2) is 10.0. The van der Waals surface area contributed by atoms with Crippen molar-refractivity contribution in [1.29, 1.82) is 0 Å². The lowest BCUT2D eigenvalue weighted by Crippen LogP contribution is -2.35. The molecule has 2 aromatic carbocycles. The normalized spacial score (nSPS) is 15.3. The maximum atomic E-state index is 14.2. The maximum Gasteiger partial charge on any atom is 0.320 e. The van der Waals surface area contributed by atoms with Gasteiger partial charge in [0.05, 0.1) is 13.7 Å². The van der Waals surface area contributed by atoms with E-state index in [0.717, 1.165) is 42.9 Å². The molecule has 1 aliphatic heterocycles. The van der Waals surface area contributed by atoms with Crippen LogP contribution in [-0.4, -0.2) is 46.5 Å². The number of methoxy groups -OCH3 is 1. The molecular weight excluding hydrogens is 421 g/mol. The molecule has 4 rings (SSSR count). The highest BCUT2D eigenvalue weighted by Crippen LogP contribution is 2.26. The molecule has 3 aromatic rings. The number of hydrogen-bond donors (Lipinski definition) is 0. The van der Waals surface area contributed by atoms with Gasteiger partial charge in [-0.3, -0.25) is 4.90 Å². The molecule has 9 heteroatoms.